The van der Waals surface area contributed by atoms with Crippen molar-refractivity contribution in [2.45, 2.75) is 12.0 Å². The smallest absolute Gasteiger partial charge is 0.161 e. The summed E-state index contributed by atoms with van der Waals surface area (Å²) in [5.74, 6) is -0.310. The van der Waals surface area contributed by atoms with Gasteiger partial charge in [-0.25, -0.2) is 0 Å². The van der Waals surface area contributed by atoms with Gasteiger partial charge in [0.05, 0.1) is 0 Å². The Morgan fingerprint density at radius 1 is 1.40 bits per heavy atom. The quantitative estimate of drug-likeness (QED) is 0.765. The lowest BCUT2D eigenvalue weighted by Crippen LogP contribution is -2.37. The number of aliphatic hydroxyl groups is 1. The number of ketones is 1. The fraction of sp³-hybridized carbons (Fsp3) is 0.182. The molecule has 1 aliphatic carbocycles. The van der Waals surface area contributed by atoms with Crippen molar-refractivity contribution in [3.8, 4) is 0 Å². The van der Waals surface area contributed by atoms with Crippen molar-refractivity contribution < 1.29 is 9.90 Å². The second-order valence-electron chi connectivity index (χ2n) is 3.62. The van der Waals surface area contributed by atoms with Gasteiger partial charge in [-0.05, 0) is 11.6 Å². The van der Waals surface area contributed by atoms with E-state index in [1.54, 1.807) is 24.3 Å². The van der Waals surface area contributed by atoms with Gasteiger partial charge in [-0.3, -0.25) is 4.79 Å². The van der Waals surface area contributed by atoms with Gasteiger partial charge in [0.15, 0.2) is 5.78 Å². The summed E-state index contributed by atoms with van der Waals surface area (Å²) in [5, 5.41) is 10.1. The van der Waals surface area contributed by atoms with Crippen LogP contribution in [0.2, 0.25) is 5.02 Å². The molecule has 0 saturated heterocycles. The molecule has 0 aliphatic heterocycles. The Kier molecular flexibility index (Phi) is 2.29. The van der Waals surface area contributed by atoms with Crippen LogP contribution in [0.5, 0.6) is 0 Å². The standard InChI is InChI=1S/C11H10ClNO2/c12-9-4-2-1-3-8(9)11(13)6-7(14)5-10(11)15/h1-5,15H,6,13H2/t11-/m0/s1. The second kappa shape index (κ2) is 3.36. The van der Waals surface area contributed by atoms with Crippen LogP contribution < -0.4 is 5.73 Å². The van der Waals surface area contributed by atoms with Crippen molar-refractivity contribution in [1.29, 1.82) is 0 Å². The van der Waals surface area contributed by atoms with Crippen molar-refractivity contribution in [3.63, 3.8) is 0 Å². The second-order valence-corrected chi connectivity index (χ2v) is 4.03. The van der Waals surface area contributed by atoms with Crippen LogP contribution in [-0.2, 0) is 10.3 Å². The Morgan fingerprint density at radius 2 is 2.07 bits per heavy atom. The molecule has 0 heterocycles. The average molecular weight is 224 g/mol. The Labute approximate surface area is 92.2 Å². The molecule has 3 nitrogen and oxygen atoms in total. The molecule has 0 spiro atoms. The normalized spacial score (nSPS) is 25.5. The van der Waals surface area contributed by atoms with Gasteiger partial charge in [0.2, 0.25) is 0 Å². The Balaban J connectivity index is 2.53. The molecule has 0 unspecified atom stereocenters. The van der Waals surface area contributed by atoms with Crippen LogP contribution >= 0.6 is 11.6 Å². The number of carbonyl (C=O) groups is 1. The topological polar surface area (TPSA) is 63.3 Å². The Bertz CT molecular complexity index is 456. The fourth-order valence-electron chi connectivity index (χ4n) is 1.75. The number of hydrogen-bond acceptors (Lipinski definition) is 3. The highest BCUT2D eigenvalue weighted by molar-refractivity contribution is 6.31. The maximum absolute atomic E-state index is 11.2. The van der Waals surface area contributed by atoms with E-state index < -0.39 is 5.54 Å². The molecule has 1 aromatic carbocycles. The summed E-state index contributed by atoms with van der Waals surface area (Å²) in [5.41, 5.74) is 5.41. The lowest BCUT2D eigenvalue weighted by molar-refractivity contribution is -0.114. The molecule has 1 aliphatic rings. The number of hydrogen-bond donors (Lipinski definition) is 2. The predicted molar refractivity (Wildman–Crippen MR) is 57.7 cm³/mol. The minimum atomic E-state index is -1.16. The SMILES string of the molecule is N[C@]1(c2ccccc2Cl)CC(=O)C=C1O. The highest BCUT2D eigenvalue weighted by Crippen LogP contribution is 2.37. The zero-order valence-corrected chi connectivity index (χ0v) is 8.66. The summed E-state index contributed by atoms with van der Waals surface area (Å²) in [6, 6.07) is 6.94. The molecule has 0 amide bonds. The number of rotatable bonds is 1. The summed E-state index contributed by atoms with van der Waals surface area (Å²) in [4.78, 5) is 11.2. The zero-order valence-electron chi connectivity index (χ0n) is 7.90. The minimum Gasteiger partial charge on any atom is -0.510 e. The molecule has 15 heavy (non-hydrogen) atoms. The molecular formula is C11H10ClNO2. The van der Waals surface area contributed by atoms with Crippen LogP contribution in [0.4, 0.5) is 0 Å². The number of carbonyl (C=O) groups excluding carboxylic acids is 1. The maximum Gasteiger partial charge on any atom is 0.161 e. The van der Waals surface area contributed by atoms with Crippen LogP contribution in [0.3, 0.4) is 0 Å². The van der Waals surface area contributed by atoms with Gasteiger partial charge < -0.3 is 10.8 Å². The molecule has 0 radical (unpaired) electrons. The number of nitrogens with two attached hydrogens (primary N) is 1. The first-order chi connectivity index (χ1) is 7.04. The molecule has 2 rings (SSSR count). The molecule has 0 saturated carbocycles. The Morgan fingerprint density at radius 3 is 2.60 bits per heavy atom. The molecule has 1 atom stereocenters. The summed E-state index contributed by atoms with van der Waals surface area (Å²) in [6.07, 6.45) is 1.21. The molecular weight excluding hydrogens is 214 g/mol. The van der Waals surface area contributed by atoms with Gasteiger partial charge in [0, 0.05) is 17.5 Å². The van der Waals surface area contributed by atoms with E-state index in [2.05, 4.69) is 0 Å². The summed E-state index contributed by atoms with van der Waals surface area (Å²) >= 11 is 5.98. The molecule has 1 aromatic rings. The van der Waals surface area contributed by atoms with E-state index in [1.807, 2.05) is 0 Å². The van der Waals surface area contributed by atoms with Crippen molar-refractivity contribution in [3.05, 3.63) is 46.7 Å². The number of allylic oxidation sites excluding steroid dienone is 1. The van der Waals surface area contributed by atoms with Crippen LogP contribution in [-0.4, -0.2) is 10.9 Å². The van der Waals surface area contributed by atoms with E-state index in [9.17, 15) is 9.90 Å². The number of benzene rings is 1. The van der Waals surface area contributed by atoms with Crippen LogP contribution in [0.15, 0.2) is 36.1 Å². The van der Waals surface area contributed by atoms with Crippen molar-refractivity contribution in [2.24, 2.45) is 5.73 Å². The van der Waals surface area contributed by atoms with Gasteiger partial charge in [-0.1, -0.05) is 29.8 Å². The van der Waals surface area contributed by atoms with Crippen molar-refractivity contribution in [1.82, 2.24) is 0 Å². The van der Waals surface area contributed by atoms with Crippen molar-refractivity contribution >= 4 is 17.4 Å². The number of aliphatic hydroxyl groups excluding tert-OH is 1. The molecule has 0 bridgehead atoms. The zero-order chi connectivity index (χ0) is 11.1. The highest BCUT2D eigenvalue weighted by atomic mass is 35.5. The van der Waals surface area contributed by atoms with E-state index in [-0.39, 0.29) is 18.0 Å². The van der Waals surface area contributed by atoms with Gasteiger partial charge in [-0.15, -0.1) is 0 Å². The van der Waals surface area contributed by atoms with E-state index in [0.717, 1.165) is 6.08 Å². The van der Waals surface area contributed by atoms with Gasteiger partial charge in [0.25, 0.3) is 0 Å². The van der Waals surface area contributed by atoms with Crippen LogP contribution in [0.25, 0.3) is 0 Å². The van der Waals surface area contributed by atoms with E-state index in [4.69, 9.17) is 17.3 Å². The highest BCUT2D eigenvalue weighted by Gasteiger charge is 2.40. The minimum absolute atomic E-state index is 0.0581. The van der Waals surface area contributed by atoms with E-state index >= 15 is 0 Å². The largest absolute Gasteiger partial charge is 0.510 e. The molecule has 78 valence electrons. The maximum atomic E-state index is 11.2. The summed E-state index contributed by atoms with van der Waals surface area (Å²) in [6.45, 7) is 0. The van der Waals surface area contributed by atoms with Crippen molar-refractivity contribution in [2.75, 3.05) is 0 Å². The molecule has 4 heteroatoms. The van der Waals surface area contributed by atoms with Crippen LogP contribution in [0, 0.1) is 0 Å². The lowest BCUT2D eigenvalue weighted by atomic mass is 9.89. The van der Waals surface area contributed by atoms with Gasteiger partial charge in [0.1, 0.15) is 11.3 Å². The first-order valence-corrected chi connectivity index (χ1v) is 4.90. The monoisotopic (exact) mass is 223 g/mol. The first kappa shape index (κ1) is 10.2. The van der Waals surface area contributed by atoms with Crippen LogP contribution in [0.1, 0.15) is 12.0 Å². The third-order valence-electron chi connectivity index (χ3n) is 2.56. The summed E-state index contributed by atoms with van der Waals surface area (Å²) in [7, 11) is 0. The van der Waals surface area contributed by atoms with E-state index in [1.165, 1.54) is 0 Å². The lowest BCUT2D eigenvalue weighted by Gasteiger charge is -2.25. The third-order valence-corrected chi connectivity index (χ3v) is 2.89. The summed E-state index contributed by atoms with van der Waals surface area (Å²) < 4.78 is 0. The average Bonchev–Trinajstić information content (AvgIpc) is 2.42. The van der Waals surface area contributed by atoms with E-state index in [0.29, 0.717) is 10.6 Å². The van der Waals surface area contributed by atoms with Gasteiger partial charge in [-0.2, -0.15) is 0 Å². The molecule has 0 fully saturated rings. The van der Waals surface area contributed by atoms with Gasteiger partial charge >= 0.3 is 0 Å². The predicted octanol–water partition coefficient (Wildman–Crippen LogP) is 1.91. The first-order valence-electron chi connectivity index (χ1n) is 4.52. The molecule has 0 aromatic heterocycles. The number of halogens is 1. The molecule has 3 N–H and O–H groups in total. The fourth-order valence-corrected chi connectivity index (χ4v) is 2.06. The Hall–Kier alpha value is -1.32. The third kappa shape index (κ3) is 1.54.